The van der Waals surface area contributed by atoms with Crippen LogP contribution in [0.4, 0.5) is 0 Å². The Balaban J connectivity index is 2.62. The van der Waals surface area contributed by atoms with E-state index in [1.54, 1.807) is 5.51 Å². The lowest BCUT2D eigenvalue weighted by Crippen LogP contribution is -1.86. The van der Waals surface area contributed by atoms with Crippen LogP contribution < -0.4 is 0 Å². The molecule has 0 saturated heterocycles. The van der Waals surface area contributed by atoms with Crippen LogP contribution in [-0.2, 0) is 11.2 Å². The molecule has 4 heteroatoms. The summed E-state index contributed by atoms with van der Waals surface area (Å²) in [5.74, 6) is 0.616. The van der Waals surface area contributed by atoms with E-state index in [4.69, 9.17) is 0 Å². The third-order valence-corrected chi connectivity index (χ3v) is 1.19. The number of hydrogen-bond acceptors (Lipinski definition) is 4. The molecule has 3 nitrogen and oxygen atoms in total. The Kier molecular flexibility index (Phi) is 1.69. The van der Waals surface area contributed by atoms with Crippen molar-refractivity contribution < 1.29 is 4.79 Å². The molecular weight excluding hydrogens is 124 g/mol. The minimum Gasteiger partial charge on any atom is -0.303 e. The van der Waals surface area contributed by atoms with E-state index >= 15 is 0 Å². The smallest absolute Gasteiger partial charge is 0.149 e. The number of rotatable bonds is 2. The van der Waals surface area contributed by atoms with Gasteiger partial charge in [0.05, 0.1) is 6.42 Å². The molecule has 1 heterocycles. The summed E-state index contributed by atoms with van der Waals surface area (Å²) in [7, 11) is 0. The van der Waals surface area contributed by atoms with Crippen molar-refractivity contribution >= 4 is 17.8 Å². The molecule has 1 aromatic rings. The molecule has 1 rings (SSSR count). The van der Waals surface area contributed by atoms with E-state index in [-0.39, 0.29) is 0 Å². The zero-order chi connectivity index (χ0) is 5.82. The Morgan fingerprint density at radius 2 is 2.75 bits per heavy atom. The Morgan fingerprint density at radius 1 is 1.88 bits per heavy atom. The summed E-state index contributed by atoms with van der Waals surface area (Å²) in [6.45, 7) is 0. The maximum Gasteiger partial charge on any atom is 0.149 e. The molecule has 8 heavy (non-hydrogen) atoms. The molecule has 0 radical (unpaired) electrons. The minimum atomic E-state index is 0.337. The van der Waals surface area contributed by atoms with E-state index < -0.39 is 0 Å². The second-order valence-electron chi connectivity index (χ2n) is 1.22. The van der Waals surface area contributed by atoms with Crippen LogP contribution in [0.15, 0.2) is 5.51 Å². The molecule has 0 bridgehead atoms. The maximum atomic E-state index is 9.80. The summed E-state index contributed by atoms with van der Waals surface area (Å²) >= 11 is 1.26. The van der Waals surface area contributed by atoms with Gasteiger partial charge in [-0.25, -0.2) is 4.98 Å². The topological polar surface area (TPSA) is 42.9 Å². The minimum absolute atomic E-state index is 0.337. The molecule has 0 unspecified atom stereocenters. The van der Waals surface area contributed by atoms with Crippen LogP contribution >= 0.6 is 11.5 Å². The number of hydrogen-bond donors (Lipinski definition) is 0. The van der Waals surface area contributed by atoms with E-state index in [0.29, 0.717) is 12.2 Å². The Labute approximate surface area is 50.5 Å². The van der Waals surface area contributed by atoms with Gasteiger partial charge in [-0.1, -0.05) is 0 Å². The predicted octanol–water partition coefficient (Wildman–Crippen LogP) is 0.280. The van der Waals surface area contributed by atoms with Crippen molar-refractivity contribution in [2.24, 2.45) is 0 Å². The lowest BCUT2D eigenvalue weighted by atomic mass is 10.5. The van der Waals surface area contributed by atoms with E-state index in [0.717, 1.165) is 6.29 Å². The lowest BCUT2D eigenvalue weighted by Gasteiger charge is -1.75. The van der Waals surface area contributed by atoms with Crippen LogP contribution in [0.25, 0.3) is 0 Å². The van der Waals surface area contributed by atoms with Gasteiger partial charge in [0, 0.05) is 0 Å². The summed E-state index contributed by atoms with van der Waals surface area (Å²) in [5, 5.41) is 0. The maximum absolute atomic E-state index is 9.80. The average Bonchev–Trinajstić information content (AvgIpc) is 2.19. The van der Waals surface area contributed by atoms with Crippen molar-refractivity contribution in [2.75, 3.05) is 0 Å². The molecule has 0 amide bonds. The van der Waals surface area contributed by atoms with Crippen molar-refractivity contribution in [2.45, 2.75) is 6.42 Å². The monoisotopic (exact) mass is 128 g/mol. The first kappa shape index (κ1) is 5.37. The van der Waals surface area contributed by atoms with Crippen LogP contribution in [-0.4, -0.2) is 15.6 Å². The molecule has 0 aliphatic rings. The SMILES string of the molecule is O=CCc1ncsn1. The van der Waals surface area contributed by atoms with E-state index in [1.807, 2.05) is 0 Å². The van der Waals surface area contributed by atoms with Crippen LogP contribution in [0.3, 0.4) is 0 Å². The van der Waals surface area contributed by atoms with Gasteiger partial charge in [0.2, 0.25) is 0 Å². The van der Waals surface area contributed by atoms with Gasteiger partial charge in [0.15, 0.2) is 0 Å². The van der Waals surface area contributed by atoms with E-state index in [9.17, 15) is 4.79 Å². The molecule has 0 fully saturated rings. The Hall–Kier alpha value is -0.770. The fourth-order valence-electron chi connectivity index (χ4n) is 0.357. The van der Waals surface area contributed by atoms with Crippen LogP contribution in [0, 0.1) is 0 Å². The fourth-order valence-corrected chi connectivity index (χ4v) is 0.816. The molecular formula is C4H4N2OS. The van der Waals surface area contributed by atoms with Gasteiger partial charge in [-0.2, -0.15) is 4.37 Å². The van der Waals surface area contributed by atoms with E-state index in [2.05, 4.69) is 9.36 Å². The first-order chi connectivity index (χ1) is 3.93. The number of nitrogens with zero attached hydrogens (tertiary/aromatic N) is 2. The molecule has 0 aliphatic heterocycles. The average molecular weight is 128 g/mol. The molecule has 0 atom stereocenters. The summed E-state index contributed by atoms with van der Waals surface area (Å²) in [6, 6.07) is 0. The van der Waals surface area contributed by atoms with Crippen LogP contribution in [0.2, 0.25) is 0 Å². The number of aromatic nitrogens is 2. The van der Waals surface area contributed by atoms with Gasteiger partial charge in [0.25, 0.3) is 0 Å². The van der Waals surface area contributed by atoms with Crippen molar-refractivity contribution in [3.8, 4) is 0 Å². The highest BCUT2D eigenvalue weighted by atomic mass is 32.1. The number of carbonyl (C=O) groups excluding carboxylic acids is 1. The van der Waals surface area contributed by atoms with Crippen molar-refractivity contribution in [1.82, 2.24) is 9.36 Å². The quantitative estimate of drug-likeness (QED) is 0.537. The number of carbonyl (C=O) groups is 1. The summed E-state index contributed by atoms with van der Waals surface area (Å²) < 4.78 is 3.81. The normalized spacial score (nSPS) is 9.00. The molecule has 1 aromatic heterocycles. The third kappa shape index (κ3) is 1.10. The Morgan fingerprint density at radius 3 is 3.25 bits per heavy atom. The molecule has 42 valence electrons. The zero-order valence-corrected chi connectivity index (χ0v) is 4.89. The van der Waals surface area contributed by atoms with Gasteiger partial charge in [-0.05, 0) is 11.5 Å². The first-order valence-electron chi connectivity index (χ1n) is 2.12. The summed E-state index contributed by atoms with van der Waals surface area (Å²) in [5.41, 5.74) is 1.61. The van der Waals surface area contributed by atoms with Gasteiger partial charge in [0.1, 0.15) is 17.6 Å². The highest BCUT2D eigenvalue weighted by Crippen LogP contribution is 1.91. The molecule has 0 N–H and O–H groups in total. The Bertz CT molecular complexity index is 161. The van der Waals surface area contributed by atoms with E-state index in [1.165, 1.54) is 11.5 Å². The number of aldehydes is 1. The van der Waals surface area contributed by atoms with Gasteiger partial charge >= 0.3 is 0 Å². The van der Waals surface area contributed by atoms with Gasteiger partial charge in [-0.15, -0.1) is 0 Å². The van der Waals surface area contributed by atoms with Crippen molar-refractivity contribution in [1.29, 1.82) is 0 Å². The summed E-state index contributed by atoms with van der Waals surface area (Å²) in [4.78, 5) is 13.6. The third-order valence-electron chi connectivity index (χ3n) is 0.673. The van der Waals surface area contributed by atoms with Crippen LogP contribution in [0.5, 0.6) is 0 Å². The predicted molar refractivity (Wildman–Crippen MR) is 29.7 cm³/mol. The van der Waals surface area contributed by atoms with Gasteiger partial charge < -0.3 is 4.79 Å². The second kappa shape index (κ2) is 2.52. The van der Waals surface area contributed by atoms with Crippen molar-refractivity contribution in [3.63, 3.8) is 0 Å². The fraction of sp³-hybridized carbons (Fsp3) is 0.250. The molecule has 0 aliphatic carbocycles. The lowest BCUT2D eigenvalue weighted by molar-refractivity contribution is -0.107. The zero-order valence-electron chi connectivity index (χ0n) is 4.07. The summed E-state index contributed by atoms with van der Waals surface area (Å²) in [6.07, 6.45) is 1.13. The molecule has 0 aromatic carbocycles. The molecule has 0 saturated carbocycles. The largest absolute Gasteiger partial charge is 0.303 e. The highest BCUT2D eigenvalue weighted by Gasteiger charge is 1.90. The van der Waals surface area contributed by atoms with Crippen LogP contribution in [0.1, 0.15) is 5.82 Å². The van der Waals surface area contributed by atoms with Gasteiger partial charge in [-0.3, -0.25) is 0 Å². The highest BCUT2D eigenvalue weighted by molar-refractivity contribution is 7.03. The second-order valence-corrected chi connectivity index (χ2v) is 1.82. The first-order valence-corrected chi connectivity index (χ1v) is 2.96. The van der Waals surface area contributed by atoms with Crippen molar-refractivity contribution in [3.05, 3.63) is 11.3 Å². The molecule has 0 spiro atoms. The standard InChI is InChI=1S/C4H4N2OS/c7-2-1-4-5-3-8-6-4/h2-3H,1H2.